The summed E-state index contributed by atoms with van der Waals surface area (Å²) in [4.78, 5) is 7.79. The van der Waals surface area contributed by atoms with Crippen molar-refractivity contribution >= 4 is 0 Å². The van der Waals surface area contributed by atoms with Crippen LogP contribution in [0.25, 0.3) is 0 Å². The minimum atomic E-state index is -0.746. The molecule has 1 N–H and O–H groups in total. The molecule has 2 rings (SSSR count). The van der Waals surface area contributed by atoms with E-state index in [9.17, 15) is 9.50 Å². The van der Waals surface area contributed by atoms with Gasteiger partial charge in [0.15, 0.2) is 0 Å². The topological polar surface area (TPSA) is 46.0 Å². The molecule has 1 aromatic carbocycles. The molecule has 1 unspecified atom stereocenters. The molecule has 1 heterocycles. The van der Waals surface area contributed by atoms with Crippen molar-refractivity contribution in [3.63, 3.8) is 0 Å². The van der Waals surface area contributed by atoms with Crippen LogP contribution in [0.2, 0.25) is 0 Å². The SMILES string of the molecule is CC(C)(c1ccc(F)cc1)C(O)c1cncnc1. The predicted octanol–water partition coefficient (Wildman–Crippen LogP) is 2.63. The zero-order valence-electron chi connectivity index (χ0n) is 10.3. The highest BCUT2D eigenvalue weighted by Crippen LogP contribution is 2.36. The third-order valence-corrected chi connectivity index (χ3v) is 3.17. The molecule has 2 aromatic rings. The van der Waals surface area contributed by atoms with Gasteiger partial charge in [0.1, 0.15) is 12.1 Å². The summed E-state index contributed by atoms with van der Waals surface area (Å²) < 4.78 is 12.9. The molecular weight excluding hydrogens is 231 g/mol. The van der Waals surface area contributed by atoms with E-state index in [1.54, 1.807) is 24.5 Å². The van der Waals surface area contributed by atoms with Gasteiger partial charge in [0.25, 0.3) is 0 Å². The Balaban J connectivity index is 2.33. The minimum absolute atomic E-state index is 0.285. The van der Waals surface area contributed by atoms with Gasteiger partial charge in [0.05, 0.1) is 6.10 Å². The van der Waals surface area contributed by atoms with Crippen molar-refractivity contribution in [2.24, 2.45) is 0 Å². The number of rotatable bonds is 3. The first-order valence-corrected chi connectivity index (χ1v) is 5.71. The van der Waals surface area contributed by atoms with E-state index in [0.717, 1.165) is 5.56 Å². The van der Waals surface area contributed by atoms with Gasteiger partial charge in [-0.05, 0) is 17.7 Å². The lowest BCUT2D eigenvalue weighted by molar-refractivity contribution is 0.0995. The summed E-state index contributed by atoms with van der Waals surface area (Å²) in [6.07, 6.45) is 3.84. The molecule has 0 aliphatic carbocycles. The molecule has 0 saturated carbocycles. The molecular formula is C14H15FN2O. The smallest absolute Gasteiger partial charge is 0.123 e. The second-order valence-corrected chi connectivity index (χ2v) is 4.80. The number of aliphatic hydroxyl groups excluding tert-OH is 1. The minimum Gasteiger partial charge on any atom is -0.387 e. The van der Waals surface area contributed by atoms with E-state index in [1.807, 2.05) is 13.8 Å². The summed E-state index contributed by atoms with van der Waals surface area (Å²) in [5, 5.41) is 10.4. The van der Waals surface area contributed by atoms with Gasteiger partial charge in [-0.2, -0.15) is 0 Å². The molecule has 94 valence electrons. The van der Waals surface area contributed by atoms with Crippen molar-refractivity contribution in [1.29, 1.82) is 0 Å². The largest absolute Gasteiger partial charge is 0.387 e. The highest BCUT2D eigenvalue weighted by Gasteiger charge is 2.31. The zero-order valence-corrected chi connectivity index (χ0v) is 10.3. The molecule has 0 saturated heterocycles. The van der Waals surface area contributed by atoms with Crippen molar-refractivity contribution in [3.8, 4) is 0 Å². The average Bonchev–Trinajstić information content (AvgIpc) is 2.39. The Hall–Kier alpha value is -1.81. The number of nitrogens with zero attached hydrogens (tertiary/aromatic N) is 2. The second kappa shape index (κ2) is 4.82. The lowest BCUT2D eigenvalue weighted by Gasteiger charge is -2.31. The molecule has 0 fully saturated rings. The number of aliphatic hydroxyl groups is 1. The number of hydrogen-bond acceptors (Lipinski definition) is 3. The summed E-state index contributed by atoms with van der Waals surface area (Å²) in [6, 6.07) is 6.15. The third kappa shape index (κ3) is 2.38. The molecule has 0 aliphatic rings. The fourth-order valence-electron chi connectivity index (χ4n) is 1.91. The molecule has 0 spiro atoms. The Morgan fingerprint density at radius 2 is 1.67 bits per heavy atom. The van der Waals surface area contributed by atoms with Gasteiger partial charge in [-0.25, -0.2) is 14.4 Å². The molecule has 0 radical (unpaired) electrons. The molecule has 1 aromatic heterocycles. The maximum Gasteiger partial charge on any atom is 0.123 e. The second-order valence-electron chi connectivity index (χ2n) is 4.80. The third-order valence-electron chi connectivity index (χ3n) is 3.17. The van der Waals surface area contributed by atoms with Gasteiger partial charge in [-0.1, -0.05) is 26.0 Å². The first-order valence-electron chi connectivity index (χ1n) is 5.71. The molecule has 1 atom stereocenters. The van der Waals surface area contributed by atoms with Crippen LogP contribution in [0.1, 0.15) is 31.1 Å². The quantitative estimate of drug-likeness (QED) is 0.905. The first-order chi connectivity index (χ1) is 8.51. The fraction of sp³-hybridized carbons (Fsp3) is 0.286. The highest BCUT2D eigenvalue weighted by atomic mass is 19.1. The van der Waals surface area contributed by atoms with E-state index in [-0.39, 0.29) is 5.82 Å². The summed E-state index contributed by atoms with van der Waals surface area (Å²) in [6.45, 7) is 3.80. The fourth-order valence-corrected chi connectivity index (χ4v) is 1.91. The summed E-state index contributed by atoms with van der Waals surface area (Å²) in [5.41, 5.74) is 0.963. The molecule has 0 aliphatic heterocycles. The normalized spacial score (nSPS) is 13.3. The van der Waals surface area contributed by atoms with Gasteiger partial charge in [0.2, 0.25) is 0 Å². The Morgan fingerprint density at radius 3 is 2.22 bits per heavy atom. The van der Waals surface area contributed by atoms with E-state index in [4.69, 9.17) is 0 Å². The Morgan fingerprint density at radius 1 is 1.11 bits per heavy atom. The van der Waals surface area contributed by atoms with Crippen LogP contribution in [0, 0.1) is 5.82 Å². The van der Waals surface area contributed by atoms with Gasteiger partial charge < -0.3 is 5.11 Å². The molecule has 4 heteroatoms. The predicted molar refractivity (Wildman–Crippen MR) is 66.4 cm³/mol. The monoisotopic (exact) mass is 246 g/mol. The van der Waals surface area contributed by atoms with Crippen molar-refractivity contribution in [1.82, 2.24) is 9.97 Å². The van der Waals surface area contributed by atoms with Crippen LogP contribution in [0.15, 0.2) is 43.0 Å². The number of benzene rings is 1. The Labute approximate surface area is 105 Å². The van der Waals surface area contributed by atoms with Crippen LogP contribution in [-0.4, -0.2) is 15.1 Å². The van der Waals surface area contributed by atoms with Gasteiger partial charge >= 0.3 is 0 Å². The summed E-state index contributed by atoms with van der Waals surface area (Å²) in [7, 11) is 0. The molecule has 0 bridgehead atoms. The van der Waals surface area contributed by atoms with Gasteiger partial charge in [0, 0.05) is 23.4 Å². The lowest BCUT2D eigenvalue weighted by atomic mass is 9.77. The van der Waals surface area contributed by atoms with Crippen LogP contribution >= 0.6 is 0 Å². The Bertz CT molecular complexity index is 511. The maximum atomic E-state index is 12.9. The van der Waals surface area contributed by atoms with E-state index in [2.05, 4.69) is 9.97 Å². The number of halogens is 1. The van der Waals surface area contributed by atoms with Crippen LogP contribution < -0.4 is 0 Å². The molecule has 3 nitrogen and oxygen atoms in total. The van der Waals surface area contributed by atoms with Crippen molar-refractivity contribution < 1.29 is 9.50 Å². The average molecular weight is 246 g/mol. The van der Waals surface area contributed by atoms with Crippen molar-refractivity contribution in [2.45, 2.75) is 25.4 Å². The maximum absolute atomic E-state index is 12.9. The van der Waals surface area contributed by atoms with Crippen LogP contribution in [0.4, 0.5) is 4.39 Å². The van der Waals surface area contributed by atoms with Crippen molar-refractivity contribution in [2.75, 3.05) is 0 Å². The Kier molecular flexibility index (Phi) is 3.39. The van der Waals surface area contributed by atoms with E-state index >= 15 is 0 Å². The van der Waals surface area contributed by atoms with Gasteiger partial charge in [-0.3, -0.25) is 0 Å². The van der Waals surface area contributed by atoms with Crippen LogP contribution in [0.3, 0.4) is 0 Å². The van der Waals surface area contributed by atoms with E-state index < -0.39 is 11.5 Å². The van der Waals surface area contributed by atoms with Gasteiger partial charge in [-0.15, -0.1) is 0 Å². The summed E-state index contributed by atoms with van der Waals surface area (Å²) in [5.74, 6) is -0.285. The number of aromatic nitrogens is 2. The number of hydrogen-bond donors (Lipinski definition) is 1. The first kappa shape index (κ1) is 12.6. The standard InChI is InChI=1S/C14H15FN2O/c1-14(2,11-3-5-12(15)6-4-11)13(18)10-7-16-9-17-8-10/h3-9,13,18H,1-2H3. The zero-order chi connectivity index (χ0) is 13.2. The highest BCUT2D eigenvalue weighted by molar-refractivity contribution is 5.28. The van der Waals surface area contributed by atoms with E-state index in [1.165, 1.54) is 18.5 Å². The summed E-state index contributed by atoms with van der Waals surface area (Å²) >= 11 is 0. The molecule has 18 heavy (non-hydrogen) atoms. The van der Waals surface area contributed by atoms with Crippen molar-refractivity contribution in [3.05, 3.63) is 59.9 Å². The van der Waals surface area contributed by atoms with Crippen LogP contribution in [0.5, 0.6) is 0 Å². The molecule has 0 amide bonds. The lowest BCUT2D eigenvalue weighted by Crippen LogP contribution is -2.27. The van der Waals surface area contributed by atoms with Crippen LogP contribution in [-0.2, 0) is 5.41 Å². The van der Waals surface area contributed by atoms with E-state index in [0.29, 0.717) is 5.56 Å².